The second-order valence-electron chi connectivity index (χ2n) is 6.72. The van der Waals surface area contributed by atoms with Crippen LogP contribution < -0.4 is 9.47 Å². The lowest BCUT2D eigenvalue weighted by Crippen LogP contribution is -2.32. The van der Waals surface area contributed by atoms with Crippen LogP contribution in [0.15, 0.2) is 65.3 Å². The first-order valence-electron chi connectivity index (χ1n) is 9.53. The predicted molar refractivity (Wildman–Crippen MR) is 123 cm³/mol. The average molecular weight is 424 g/mol. The number of rotatable bonds is 8. The lowest BCUT2D eigenvalue weighted by Gasteiger charge is -2.13. The molecule has 0 spiro atoms. The van der Waals surface area contributed by atoms with Crippen molar-refractivity contribution in [2.45, 2.75) is 18.6 Å². The van der Waals surface area contributed by atoms with Crippen molar-refractivity contribution in [2.24, 2.45) is 10.2 Å². The molecule has 1 fully saturated rings. The van der Waals surface area contributed by atoms with Crippen molar-refractivity contribution < 1.29 is 14.3 Å². The fraction of sp³-hybridized carbons (Fsp3) is 0.261. The smallest absolute Gasteiger partial charge is 0.242 e. The third-order valence-corrected chi connectivity index (χ3v) is 5.92. The zero-order valence-electron chi connectivity index (χ0n) is 17.4. The number of nitrogens with zero attached hydrogens (tertiary/aromatic N) is 3. The van der Waals surface area contributed by atoms with E-state index >= 15 is 0 Å². The third-order valence-electron chi connectivity index (χ3n) is 4.76. The van der Waals surface area contributed by atoms with Gasteiger partial charge in [0.1, 0.15) is 0 Å². The maximum absolute atomic E-state index is 12.9. The van der Waals surface area contributed by atoms with Gasteiger partial charge in [-0.15, -0.1) is 11.7 Å². The Morgan fingerprint density at radius 1 is 1.17 bits per heavy atom. The molecule has 1 saturated heterocycles. The number of amides is 1. The van der Waals surface area contributed by atoms with E-state index in [2.05, 4.69) is 35.8 Å². The summed E-state index contributed by atoms with van der Waals surface area (Å²) in [4.78, 5) is 14.5. The molecule has 6 nitrogen and oxygen atoms in total. The molecule has 7 heteroatoms. The van der Waals surface area contributed by atoms with Gasteiger partial charge in [0.2, 0.25) is 5.91 Å². The summed E-state index contributed by atoms with van der Waals surface area (Å²) in [6.07, 6.45) is 3.98. The second-order valence-corrected chi connectivity index (χ2v) is 7.89. The van der Waals surface area contributed by atoms with Gasteiger partial charge >= 0.3 is 0 Å². The Bertz CT molecular complexity index is 987. The molecule has 0 saturated carbocycles. The van der Waals surface area contributed by atoms with Crippen LogP contribution in [-0.2, 0) is 11.2 Å². The van der Waals surface area contributed by atoms with Crippen LogP contribution in [0.25, 0.3) is 0 Å². The van der Waals surface area contributed by atoms with Gasteiger partial charge < -0.3 is 9.47 Å². The van der Waals surface area contributed by atoms with E-state index in [1.54, 1.807) is 31.4 Å². The highest BCUT2D eigenvalue weighted by atomic mass is 32.2. The van der Waals surface area contributed by atoms with Crippen LogP contribution in [0.2, 0.25) is 0 Å². The van der Waals surface area contributed by atoms with Gasteiger partial charge in [0, 0.05) is 6.54 Å². The molecule has 2 aromatic carbocycles. The number of thioether (sulfide) groups is 1. The fourth-order valence-corrected chi connectivity index (χ4v) is 4.26. The predicted octanol–water partition coefficient (Wildman–Crippen LogP) is 4.07. The zero-order chi connectivity index (χ0) is 21.5. The molecule has 1 heterocycles. The van der Waals surface area contributed by atoms with E-state index in [0.29, 0.717) is 29.6 Å². The minimum Gasteiger partial charge on any atom is -0.493 e. The standard InChI is InChI=1S/C23H25N3O3S/c1-5-12-26-22(27)21(14-18-9-7-6-8-16(18)2)30-23(26)25-24-15-17-10-11-19(28-3)20(13-17)29-4/h5-11,13,15,21H,1,12,14H2,2-4H3. The molecule has 3 rings (SSSR count). The second kappa shape index (κ2) is 10.1. The highest BCUT2D eigenvalue weighted by Crippen LogP contribution is 2.31. The SMILES string of the molecule is C=CCN1C(=O)C(Cc2ccccc2C)SC1=NN=Cc1ccc(OC)c(OC)c1. The summed E-state index contributed by atoms with van der Waals surface area (Å²) in [6, 6.07) is 13.6. The summed E-state index contributed by atoms with van der Waals surface area (Å²) in [7, 11) is 3.18. The summed E-state index contributed by atoms with van der Waals surface area (Å²) in [6.45, 7) is 6.22. The summed E-state index contributed by atoms with van der Waals surface area (Å²) in [5.74, 6) is 1.29. The Hall–Kier alpha value is -3.06. The first kappa shape index (κ1) is 21.6. The van der Waals surface area contributed by atoms with Gasteiger partial charge in [-0.25, -0.2) is 0 Å². The molecule has 1 atom stereocenters. The molecule has 0 aliphatic carbocycles. The van der Waals surface area contributed by atoms with Gasteiger partial charge in [0.05, 0.1) is 25.7 Å². The molecule has 0 N–H and O–H groups in total. The van der Waals surface area contributed by atoms with Crippen LogP contribution in [-0.4, -0.2) is 48.2 Å². The third kappa shape index (κ3) is 4.91. The summed E-state index contributed by atoms with van der Waals surface area (Å²) in [5, 5.41) is 8.87. The summed E-state index contributed by atoms with van der Waals surface area (Å²) >= 11 is 1.44. The number of methoxy groups -OCH3 is 2. The number of carbonyl (C=O) groups is 1. The summed E-state index contributed by atoms with van der Waals surface area (Å²) in [5.41, 5.74) is 3.16. The van der Waals surface area contributed by atoms with Crippen molar-refractivity contribution in [1.29, 1.82) is 0 Å². The molecule has 0 aromatic heterocycles. The maximum atomic E-state index is 12.9. The molecule has 30 heavy (non-hydrogen) atoms. The van der Waals surface area contributed by atoms with Gasteiger partial charge in [-0.05, 0) is 48.2 Å². The van der Waals surface area contributed by atoms with Crippen molar-refractivity contribution in [3.63, 3.8) is 0 Å². The van der Waals surface area contributed by atoms with Crippen LogP contribution in [0.5, 0.6) is 11.5 Å². The first-order valence-corrected chi connectivity index (χ1v) is 10.4. The van der Waals surface area contributed by atoms with Gasteiger partial charge in [0.25, 0.3) is 0 Å². The van der Waals surface area contributed by atoms with Crippen molar-refractivity contribution in [3.05, 3.63) is 71.8 Å². The lowest BCUT2D eigenvalue weighted by molar-refractivity contribution is -0.125. The molecular formula is C23H25N3O3S. The Labute approximate surface area is 181 Å². The van der Waals surface area contributed by atoms with Crippen LogP contribution in [0.4, 0.5) is 0 Å². The van der Waals surface area contributed by atoms with Gasteiger partial charge in [0.15, 0.2) is 16.7 Å². The molecule has 0 bridgehead atoms. The van der Waals surface area contributed by atoms with E-state index in [9.17, 15) is 4.79 Å². The number of aryl methyl sites for hydroxylation is 1. The average Bonchev–Trinajstić information content (AvgIpc) is 3.04. The number of hydrogen-bond donors (Lipinski definition) is 0. The normalized spacial score (nSPS) is 17.7. The van der Waals surface area contributed by atoms with Gasteiger partial charge in [-0.2, -0.15) is 5.10 Å². The highest BCUT2D eigenvalue weighted by Gasteiger charge is 2.37. The molecule has 1 aliphatic rings. The minimum absolute atomic E-state index is 0.0308. The number of benzene rings is 2. The molecule has 1 aliphatic heterocycles. The number of ether oxygens (including phenoxy) is 2. The Morgan fingerprint density at radius 2 is 1.93 bits per heavy atom. The van der Waals surface area contributed by atoms with E-state index in [1.165, 1.54) is 17.3 Å². The largest absolute Gasteiger partial charge is 0.493 e. The van der Waals surface area contributed by atoms with Gasteiger partial charge in [-0.1, -0.05) is 42.1 Å². The molecule has 156 valence electrons. The van der Waals surface area contributed by atoms with E-state index in [0.717, 1.165) is 11.1 Å². The van der Waals surface area contributed by atoms with E-state index in [-0.39, 0.29) is 11.2 Å². The van der Waals surface area contributed by atoms with Crippen molar-refractivity contribution in [3.8, 4) is 11.5 Å². The lowest BCUT2D eigenvalue weighted by atomic mass is 10.0. The van der Waals surface area contributed by atoms with Crippen LogP contribution in [0.1, 0.15) is 16.7 Å². The number of carbonyl (C=O) groups excluding carboxylic acids is 1. The Balaban J connectivity index is 1.78. The van der Waals surface area contributed by atoms with E-state index in [4.69, 9.17) is 9.47 Å². The topological polar surface area (TPSA) is 63.5 Å². The molecular weight excluding hydrogens is 398 g/mol. The van der Waals surface area contributed by atoms with Crippen LogP contribution in [0, 0.1) is 6.92 Å². The maximum Gasteiger partial charge on any atom is 0.242 e. The number of hydrogen-bond acceptors (Lipinski definition) is 6. The number of amidine groups is 1. The van der Waals surface area contributed by atoms with Crippen molar-refractivity contribution in [1.82, 2.24) is 4.90 Å². The van der Waals surface area contributed by atoms with Crippen molar-refractivity contribution in [2.75, 3.05) is 20.8 Å². The monoisotopic (exact) mass is 423 g/mol. The zero-order valence-corrected chi connectivity index (χ0v) is 18.2. The summed E-state index contributed by atoms with van der Waals surface area (Å²) < 4.78 is 10.6. The van der Waals surface area contributed by atoms with Gasteiger partial charge in [-0.3, -0.25) is 9.69 Å². The Morgan fingerprint density at radius 3 is 2.63 bits per heavy atom. The Kier molecular flexibility index (Phi) is 7.30. The molecule has 2 aromatic rings. The van der Waals surface area contributed by atoms with Crippen LogP contribution in [0.3, 0.4) is 0 Å². The quantitative estimate of drug-likeness (QED) is 0.365. The van der Waals surface area contributed by atoms with Crippen LogP contribution >= 0.6 is 11.8 Å². The highest BCUT2D eigenvalue weighted by molar-refractivity contribution is 8.15. The molecule has 1 unspecified atom stereocenters. The first-order chi connectivity index (χ1) is 14.6. The fourth-order valence-electron chi connectivity index (χ4n) is 3.13. The van der Waals surface area contributed by atoms with E-state index in [1.807, 2.05) is 30.3 Å². The molecule has 0 radical (unpaired) electrons. The molecule has 1 amide bonds. The van der Waals surface area contributed by atoms with E-state index < -0.39 is 0 Å². The van der Waals surface area contributed by atoms with Crippen molar-refractivity contribution >= 4 is 29.1 Å². The minimum atomic E-state index is -0.221.